The number of oxazole rings is 1. The van der Waals surface area contributed by atoms with Crippen molar-refractivity contribution in [1.29, 1.82) is 0 Å². The molecule has 3 nitrogen and oxygen atoms in total. The van der Waals surface area contributed by atoms with Gasteiger partial charge in [0.25, 0.3) is 0 Å². The van der Waals surface area contributed by atoms with Crippen LogP contribution in [0, 0.1) is 6.92 Å². The first-order valence-electron chi connectivity index (χ1n) is 7.12. The number of rotatable bonds is 7. The van der Waals surface area contributed by atoms with Crippen LogP contribution in [-0.4, -0.2) is 18.1 Å². The van der Waals surface area contributed by atoms with Gasteiger partial charge in [0.1, 0.15) is 0 Å². The van der Waals surface area contributed by atoms with E-state index >= 15 is 0 Å². The monoisotopic (exact) mass is 336 g/mol. The van der Waals surface area contributed by atoms with Crippen LogP contribution in [0.25, 0.3) is 11.3 Å². The molecule has 0 radical (unpaired) electrons. The predicted octanol–water partition coefficient (Wildman–Crippen LogP) is 4.34. The Morgan fingerprint density at radius 3 is 2.90 bits per heavy atom. The summed E-state index contributed by atoms with van der Waals surface area (Å²) in [5, 5.41) is 3.38. The van der Waals surface area contributed by atoms with Gasteiger partial charge in [0, 0.05) is 16.5 Å². The summed E-state index contributed by atoms with van der Waals surface area (Å²) in [4.78, 5) is 4.35. The van der Waals surface area contributed by atoms with Crippen LogP contribution in [0.15, 0.2) is 33.3 Å². The van der Waals surface area contributed by atoms with Crippen molar-refractivity contribution in [2.75, 3.05) is 13.1 Å². The van der Waals surface area contributed by atoms with E-state index in [0.29, 0.717) is 0 Å². The number of benzene rings is 1. The van der Waals surface area contributed by atoms with E-state index in [1.807, 2.05) is 6.20 Å². The molecule has 0 saturated carbocycles. The average molecular weight is 337 g/mol. The normalized spacial score (nSPS) is 10.9. The molecule has 1 aromatic heterocycles. The second-order valence-corrected chi connectivity index (χ2v) is 5.79. The summed E-state index contributed by atoms with van der Waals surface area (Å²) >= 11 is 3.55. The van der Waals surface area contributed by atoms with Crippen LogP contribution in [-0.2, 0) is 6.42 Å². The Morgan fingerprint density at radius 1 is 1.30 bits per heavy atom. The van der Waals surface area contributed by atoms with Gasteiger partial charge in [0.05, 0.1) is 6.20 Å². The molecule has 4 heteroatoms. The minimum Gasteiger partial charge on any atom is -0.441 e. The lowest BCUT2D eigenvalue weighted by atomic mass is 10.1. The summed E-state index contributed by atoms with van der Waals surface area (Å²) in [6, 6.07) is 6.21. The summed E-state index contributed by atoms with van der Waals surface area (Å²) in [7, 11) is 0. The maximum Gasteiger partial charge on any atom is 0.194 e. The molecular formula is C16H21BrN2O. The zero-order valence-electron chi connectivity index (χ0n) is 12.1. The number of halogens is 1. The largest absolute Gasteiger partial charge is 0.441 e. The Kier molecular flexibility index (Phi) is 5.80. The Labute approximate surface area is 128 Å². The van der Waals surface area contributed by atoms with Crippen LogP contribution in [0.2, 0.25) is 0 Å². The molecule has 0 unspecified atom stereocenters. The molecule has 1 N–H and O–H groups in total. The predicted molar refractivity (Wildman–Crippen MR) is 85.9 cm³/mol. The van der Waals surface area contributed by atoms with Crippen molar-refractivity contribution in [1.82, 2.24) is 10.3 Å². The Morgan fingerprint density at radius 2 is 2.15 bits per heavy atom. The second-order valence-electron chi connectivity index (χ2n) is 4.94. The van der Waals surface area contributed by atoms with Crippen molar-refractivity contribution in [3.63, 3.8) is 0 Å². The van der Waals surface area contributed by atoms with Crippen LogP contribution in [0.4, 0.5) is 0 Å². The molecule has 0 saturated heterocycles. The molecule has 0 atom stereocenters. The Hall–Kier alpha value is -1.13. The van der Waals surface area contributed by atoms with Gasteiger partial charge in [0.15, 0.2) is 11.7 Å². The van der Waals surface area contributed by atoms with Gasteiger partial charge in [-0.1, -0.05) is 35.0 Å². The first kappa shape index (κ1) is 15.3. The summed E-state index contributed by atoms with van der Waals surface area (Å²) in [6.07, 6.45) is 4.92. The number of nitrogens with zero attached hydrogens (tertiary/aromatic N) is 1. The smallest absolute Gasteiger partial charge is 0.194 e. The van der Waals surface area contributed by atoms with E-state index in [2.05, 4.69) is 58.3 Å². The highest BCUT2D eigenvalue weighted by molar-refractivity contribution is 9.10. The minimum absolute atomic E-state index is 0.815. The highest BCUT2D eigenvalue weighted by Crippen LogP contribution is 2.26. The lowest BCUT2D eigenvalue weighted by Gasteiger charge is -2.01. The number of aromatic nitrogens is 1. The molecular weight excluding hydrogens is 316 g/mol. The zero-order valence-corrected chi connectivity index (χ0v) is 13.7. The molecule has 1 aromatic carbocycles. The van der Waals surface area contributed by atoms with Gasteiger partial charge >= 0.3 is 0 Å². The van der Waals surface area contributed by atoms with Gasteiger partial charge in [-0.3, -0.25) is 0 Å². The van der Waals surface area contributed by atoms with Crippen molar-refractivity contribution >= 4 is 15.9 Å². The number of hydrogen-bond acceptors (Lipinski definition) is 3. The summed E-state index contributed by atoms with van der Waals surface area (Å²) < 4.78 is 6.91. The fraction of sp³-hybridized carbons (Fsp3) is 0.438. The van der Waals surface area contributed by atoms with Crippen molar-refractivity contribution in [2.24, 2.45) is 0 Å². The molecule has 0 aliphatic carbocycles. The molecule has 20 heavy (non-hydrogen) atoms. The van der Waals surface area contributed by atoms with Gasteiger partial charge in [-0.05, 0) is 44.5 Å². The van der Waals surface area contributed by atoms with Crippen molar-refractivity contribution in [2.45, 2.75) is 33.1 Å². The van der Waals surface area contributed by atoms with Crippen molar-refractivity contribution in [3.8, 4) is 11.3 Å². The van der Waals surface area contributed by atoms with Crippen molar-refractivity contribution in [3.05, 3.63) is 40.3 Å². The maximum absolute atomic E-state index is 5.81. The SMILES string of the molecule is CCCNCCCc1ncc(-c2ccc(C)c(Br)c2)o1. The standard InChI is InChI=1S/C16H21BrN2O/c1-3-8-18-9-4-5-16-19-11-15(20-16)13-7-6-12(2)14(17)10-13/h6-7,10-11,18H,3-5,8-9H2,1-2H3. The summed E-state index contributed by atoms with van der Waals surface area (Å²) in [5.74, 6) is 1.65. The lowest BCUT2D eigenvalue weighted by Crippen LogP contribution is -2.16. The zero-order chi connectivity index (χ0) is 14.4. The molecule has 0 fully saturated rings. The maximum atomic E-state index is 5.81. The molecule has 0 spiro atoms. The molecule has 0 aliphatic rings. The van der Waals surface area contributed by atoms with E-state index in [9.17, 15) is 0 Å². The van der Waals surface area contributed by atoms with E-state index in [-0.39, 0.29) is 0 Å². The van der Waals surface area contributed by atoms with Gasteiger partial charge in [-0.2, -0.15) is 0 Å². The van der Waals surface area contributed by atoms with Crippen molar-refractivity contribution < 1.29 is 4.42 Å². The third-order valence-electron chi connectivity index (χ3n) is 3.18. The van der Waals surface area contributed by atoms with Gasteiger partial charge in [0.2, 0.25) is 0 Å². The molecule has 0 bridgehead atoms. The third kappa shape index (κ3) is 4.18. The molecule has 2 rings (SSSR count). The van der Waals surface area contributed by atoms with Crippen LogP contribution < -0.4 is 5.32 Å². The van der Waals surface area contributed by atoms with Gasteiger partial charge < -0.3 is 9.73 Å². The molecule has 108 valence electrons. The van der Waals surface area contributed by atoms with Gasteiger partial charge in [-0.15, -0.1) is 0 Å². The fourth-order valence-electron chi connectivity index (χ4n) is 1.97. The van der Waals surface area contributed by atoms with E-state index in [0.717, 1.165) is 47.6 Å². The second kappa shape index (κ2) is 7.60. The number of aryl methyl sites for hydroxylation is 2. The van der Waals surface area contributed by atoms with Crippen LogP contribution in [0.1, 0.15) is 31.2 Å². The minimum atomic E-state index is 0.815. The molecule has 0 amide bonds. The van der Waals surface area contributed by atoms with Crippen LogP contribution in [0.5, 0.6) is 0 Å². The Bertz CT molecular complexity index is 551. The highest BCUT2D eigenvalue weighted by atomic mass is 79.9. The quantitative estimate of drug-likeness (QED) is 0.764. The molecule has 0 aliphatic heterocycles. The molecule has 2 aromatic rings. The van der Waals surface area contributed by atoms with E-state index in [1.54, 1.807) is 0 Å². The van der Waals surface area contributed by atoms with Crippen LogP contribution >= 0.6 is 15.9 Å². The summed E-state index contributed by atoms with van der Waals surface area (Å²) in [5.41, 5.74) is 2.28. The van der Waals surface area contributed by atoms with E-state index < -0.39 is 0 Å². The first-order chi connectivity index (χ1) is 9.70. The first-order valence-corrected chi connectivity index (χ1v) is 7.92. The van der Waals surface area contributed by atoms with Crippen LogP contribution in [0.3, 0.4) is 0 Å². The third-order valence-corrected chi connectivity index (χ3v) is 4.04. The summed E-state index contributed by atoms with van der Waals surface area (Å²) in [6.45, 7) is 6.34. The topological polar surface area (TPSA) is 38.1 Å². The fourth-order valence-corrected chi connectivity index (χ4v) is 2.35. The number of hydrogen-bond donors (Lipinski definition) is 1. The van der Waals surface area contributed by atoms with E-state index in [1.165, 1.54) is 12.0 Å². The van der Waals surface area contributed by atoms with E-state index in [4.69, 9.17) is 4.42 Å². The average Bonchev–Trinajstić information content (AvgIpc) is 2.90. The van der Waals surface area contributed by atoms with Gasteiger partial charge in [-0.25, -0.2) is 4.98 Å². The number of nitrogens with one attached hydrogen (secondary N) is 1. The molecule has 1 heterocycles. The lowest BCUT2D eigenvalue weighted by molar-refractivity contribution is 0.491. The highest BCUT2D eigenvalue weighted by Gasteiger charge is 2.07. The Balaban J connectivity index is 1.93.